The van der Waals surface area contributed by atoms with Crippen molar-refractivity contribution < 1.29 is 9.59 Å². The number of aldehydes is 1. The third kappa shape index (κ3) is 5.21. The highest BCUT2D eigenvalue weighted by Gasteiger charge is 2.14. The Kier molecular flexibility index (Phi) is 2.56. The van der Waals surface area contributed by atoms with Crippen LogP contribution in [0, 0.1) is 5.41 Å². The summed E-state index contributed by atoms with van der Waals surface area (Å²) >= 11 is 0. The lowest BCUT2D eigenvalue weighted by Crippen LogP contribution is -2.13. The van der Waals surface area contributed by atoms with Crippen LogP contribution in [0.5, 0.6) is 0 Å². The summed E-state index contributed by atoms with van der Waals surface area (Å²) in [6.07, 6.45) is 0.724. The molecule has 2 heteroatoms. The summed E-state index contributed by atoms with van der Waals surface area (Å²) in [4.78, 5) is 20.3. The lowest BCUT2D eigenvalue weighted by molar-refractivity contribution is -0.131. The number of carbonyl (C=O) groups excluding carboxylic acids is 2. The maximum Gasteiger partial charge on any atom is 0.195 e. The van der Waals surface area contributed by atoms with Gasteiger partial charge >= 0.3 is 0 Å². The van der Waals surface area contributed by atoms with E-state index in [0.29, 0.717) is 12.7 Å². The lowest BCUT2D eigenvalue weighted by Gasteiger charge is -2.13. The van der Waals surface area contributed by atoms with Crippen LogP contribution in [0.1, 0.15) is 27.2 Å². The first kappa shape index (κ1) is 8.34. The molecule has 0 heterocycles. The Labute approximate surface area is 55.3 Å². The van der Waals surface area contributed by atoms with Crippen molar-refractivity contribution in [2.45, 2.75) is 27.2 Å². The maximum atomic E-state index is 10.5. The minimum Gasteiger partial charge on any atom is -0.295 e. The molecule has 0 amide bonds. The van der Waals surface area contributed by atoms with Gasteiger partial charge in [-0.25, -0.2) is 0 Å². The van der Waals surface area contributed by atoms with Crippen molar-refractivity contribution in [3.8, 4) is 0 Å². The molecule has 0 atom stereocenters. The monoisotopic (exact) mass is 128 g/mol. The van der Waals surface area contributed by atoms with Crippen molar-refractivity contribution in [2.24, 2.45) is 5.41 Å². The van der Waals surface area contributed by atoms with Crippen molar-refractivity contribution in [2.75, 3.05) is 0 Å². The standard InChI is InChI=1S/C7H12O2/c1-7(2,3)4-6(9)5-8/h5H,4H2,1-3H3. The summed E-state index contributed by atoms with van der Waals surface area (Å²) in [6, 6.07) is 0. The van der Waals surface area contributed by atoms with Gasteiger partial charge in [-0.05, 0) is 5.41 Å². The average molecular weight is 128 g/mol. The van der Waals surface area contributed by atoms with Crippen LogP contribution in [0.25, 0.3) is 0 Å². The first-order valence-corrected chi connectivity index (χ1v) is 2.94. The summed E-state index contributed by atoms with van der Waals surface area (Å²) in [5.74, 6) is -0.317. The van der Waals surface area contributed by atoms with Gasteiger partial charge in [0, 0.05) is 6.42 Å². The summed E-state index contributed by atoms with van der Waals surface area (Å²) in [5, 5.41) is 0. The fourth-order valence-corrected chi connectivity index (χ4v) is 0.564. The fraction of sp³-hybridized carbons (Fsp3) is 0.714. The molecule has 0 aromatic rings. The van der Waals surface area contributed by atoms with Crippen LogP contribution in [-0.4, -0.2) is 12.1 Å². The molecule has 0 aromatic carbocycles. The molecule has 2 nitrogen and oxygen atoms in total. The van der Waals surface area contributed by atoms with Crippen molar-refractivity contribution in [3.63, 3.8) is 0 Å². The summed E-state index contributed by atoms with van der Waals surface area (Å²) < 4.78 is 0. The largest absolute Gasteiger partial charge is 0.295 e. The second kappa shape index (κ2) is 2.76. The Hall–Kier alpha value is -0.660. The first-order chi connectivity index (χ1) is 3.95. The molecule has 0 unspecified atom stereocenters. The molecule has 0 aromatic heterocycles. The summed E-state index contributed by atoms with van der Waals surface area (Å²) in [6.45, 7) is 5.78. The number of rotatable bonds is 2. The predicted octanol–water partition coefficient (Wildman–Crippen LogP) is 1.19. The van der Waals surface area contributed by atoms with Crippen molar-refractivity contribution >= 4 is 12.1 Å². The zero-order chi connectivity index (χ0) is 7.49. The van der Waals surface area contributed by atoms with Gasteiger partial charge in [0.15, 0.2) is 12.1 Å². The van der Waals surface area contributed by atoms with Gasteiger partial charge in [-0.1, -0.05) is 20.8 Å². The molecule has 0 rings (SSSR count). The van der Waals surface area contributed by atoms with Gasteiger partial charge < -0.3 is 0 Å². The van der Waals surface area contributed by atoms with Gasteiger partial charge in [0.05, 0.1) is 0 Å². The molecule has 0 N–H and O–H groups in total. The Morgan fingerprint density at radius 2 is 1.89 bits per heavy atom. The average Bonchev–Trinajstić information content (AvgIpc) is 1.62. The second-order valence-electron chi connectivity index (χ2n) is 3.32. The molecule has 0 saturated heterocycles. The molecular weight excluding hydrogens is 116 g/mol. The van der Waals surface area contributed by atoms with Crippen LogP contribution in [0.4, 0.5) is 0 Å². The molecule has 0 aliphatic heterocycles. The van der Waals surface area contributed by atoms with E-state index in [1.54, 1.807) is 0 Å². The van der Waals surface area contributed by atoms with Gasteiger partial charge in [0.1, 0.15) is 0 Å². The molecule has 0 aliphatic carbocycles. The van der Waals surface area contributed by atoms with E-state index >= 15 is 0 Å². The minimum atomic E-state index is -0.317. The van der Waals surface area contributed by atoms with E-state index in [0.717, 1.165) is 0 Å². The molecule has 0 saturated carbocycles. The highest BCUT2D eigenvalue weighted by atomic mass is 16.2. The Balaban J connectivity index is 3.74. The smallest absolute Gasteiger partial charge is 0.195 e. The van der Waals surface area contributed by atoms with Crippen LogP contribution in [0.15, 0.2) is 0 Å². The Morgan fingerprint density at radius 3 is 2.00 bits per heavy atom. The highest BCUT2D eigenvalue weighted by Crippen LogP contribution is 2.17. The predicted molar refractivity (Wildman–Crippen MR) is 35.1 cm³/mol. The fourth-order valence-electron chi connectivity index (χ4n) is 0.564. The third-order valence-corrected chi connectivity index (χ3v) is 0.836. The zero-order valence-electron chi connectivity index (χ0n) is 6.10. The van der Waals surface area contributed by atoms with Crippen molar-refractivity contribution in [1.82, 2.24) is 0 Å². The van der Waals surface area contributed by atoms with E-state index in [-0.39, 0.29) is 11.2 Å². The molecule has 0 radical (unpaired) electrons. The molecule has 9 heavy (non-hydrogen) atoms. The number of carbonyl (C=O) groups is 2. The maximum absolute atomic E-state index is 10.5. The zero-order valence-corrected chi connectivity index (χ0v) is 6.10. The Morgan fingerprint density at radius 1 is 1.44 bits per heavy atom. The number of Topliss-reactive ketones (excluding diaryl/α,β-unsaturated/α-hetero) is 1. The second-order valence-corrected chi connectivity index (χ2v) is 3.32. The SMILES string of the molecule is CC(C)(C)CC(=O)C=O. The highest BCUT2D eigenvalue weighted by molar-refractivity contribution is 6.25. The van der Waals surface area contributed by atoms with Gasteiger partial charge in [-0.2, -0.15) is 0 Å². The number of hydrogen-bond acceptors (Lipinski definition) is 2. The lowest BCUT2D eigenvalue weighted by atomic mass is 9.90. The third-order valence-electron chi connectivity index (χ3n) is 0.836. The summed E-state index contributed by atoms with van der Waals surface area (Å²) in [7, 11) is 0. The quantitative estimate of drug-likeness (QED) is 0.413. The van der Waals surface area contributed by atoms with Crippen LogP contribution in [-0.2, 0) is 9.59 Å². The first-order valence-electron chi connectivity index (χ1n) is 2.94. The molecular formula is C7H12O2. The Bertz CT molecular complexity index is 119. The van der Waals surface area contributed by atoms with E-state index in [2.05, 4.69) is 0 Å². The molecule has 0 aliphatic rings. The van der Waals surface area contributed by atoms with E-state index < -0.39 is 0 Å². The van der Waals surface area contributed by atoms with Gasteiger partial charge in [-0.15, -0.1) is 0 Å². The van der Waals surface area contributed by atoms with Gasteiger partial charge in [0.25, 0.3) is 0 Å². The van der Waals surface area contributed by atoms with Gasteiger partial charge in [-0.3, -0.25) is 9.59 Å². The number of ketones is 1. The molecule has 52 valence electrons. The molecule has 0 spiro atoms. The van der Waals surface area contributed by atoms with E-state index in [4.69, 9.17) is 0 Å². The van der Waals surface area contributed by atoms with E-state index in [1.165, 1.54) is 0 Å². The van der Waals surface area contributed by atoms with Crippen LogP contribution < -0.4 is 0 Å². The summed E-state index contributed by atoms with van der Waals surface area (Å²) in [5.41, 5.74) is -0.0575. The number of hydrogen-bond donors (Lipinski definition) is 0. The molecule has 0 fully saturated rings. The van der Waals surface area contributed by atoms with Crippen LogP contribution >= 0.6 is 0 Å². The van der Waals surface area contributed by atoms with Crippen molar-refractivity contribution in [1.29, 1.82) is 0 Å². The van der Waals surface area contributed by atoms with Crippen LogP contribution in [0.2, 0.25) is 0 Å². The molecule has 0 bridgehead atoms. The normalized spacial score (nSPS) is 11.0. The van der Waals surface area contributed by atoms with E-state index in [9.17, 15) is 9.59 Å². The van der Waals surface area contributed by atoms with Gasteiger partial charge in [0.2, 0.25) is 0 Å². The van der Waals surface area contributed by atoms with E-state index in [1.807, 2.05) is 20.8 Å². The van der Waals surface area contributed by atoms with Crippen molar-refractivity contribution in [3.05, 3.63) is 0 Å². The van der Waals surface area contributed by atoms with Crippen LogP contribution in [0.3, 0.4) is 0 Å². The topological polar surface area (TPSA) is 34.1 Å². The minimum absolute atomic E-state index is 0.0575.